The summed E-state index contributed by atoms with van der Waals surface area (Å²) in [5.74, 6) is -0.570. The Hall–Kier alpha value is -2.47. The predicted octanol–water partition coefficient (Wildman–Crippen LogP) is 0.226. The quantitative estimate of drug-likeness (QED) is 0.861. The molecule has 0 radical (unpaired) electrons. The molecule has 2 aromatic heterocycles. The minimum Gasteiger partial charge on any atom is -0.274 e. The third kappa shape index (κ3) is 3.23. The Labute approximate surface area is 127 Å². The van der Waals surface area contributed by atoms with E-state index in [1.165, 1.54) is 6.20 Å². The van der Waals surface area contributed by atoms with Crippen LogP contribution in [-0.4, -0.2) is 35.2 Å². The Balaban J connectivity index is 2.29. The maximum Gasteiger partial charge on any atom is 0.233 e. The monoisotopic (exact) mass is 321 g/mol. The first-order valence-corrected chi connectivity index (χ1v) is 8.36. The van der Waals surface area contributed by atoms with E-state index in [4.69, 9.17) is 5.26 Å². The van der Waals surface area contributed by atoms with Crippen LogP contribution in [0.4, 0.5) is 0 Å². The average molecular weight is 321 g/mol. The zero-order valence-corrected chi connectivity index (χ0v) is 13.2. The molecule has 0 fully saturated rings. The lowest BCUT2D eigenvalue weighted by Crippen LogP contribution is -2.29. The van der Waals surface area contributed by atoms with Crippen molar-refractivity contribution in [2.24, 2.45) is 0 Å². The van der Waals surface area contributed by atoms with E-state index in [-0.39, 0.29) is 6.42 Å². The van der Waals surface area contributed by atoms with Crippen LogP contribution in [0.5, 0.6) is 0 Å². The largest absolute Gasteiger partial charge is 0.274 e. The molecule has 2 aromatic rings. The number of carbonyl (C=O) groups is 1. The third-order valence-electron chi connectivity index (χ3n) is 3.23. The molecule has 0 aliphatic heterocycles. The molecule has 22 heavy (non-hydrogen) atoms. The molecular weight excluding hydrogens is 306 g/mol. The second-order valence-electron chi connectivity index (χ2n) is 4.96. The number of hydrogen-bond donors (Lipinski definition) is 1. The van der Waals surface area contributed by atoms with Gasteiger partial charge in [0.2, 0.25) is 15.9 Å². The molecule has 0 saturated heterocycles. The minimum atomic E-state index is -3.55. The van der Waals surface area contributed by atoms with Crippen molar-refractivity contribution in [2.75, 3.05) is 6.26 Å². The lowest BCUT2D eigenvalue weighted by molar-refractivity contribution is -0.119. The molecule has 0 saturated carbocycles. The van der Waals surface area contributed by atoms with Gasteiger partial charge in [0, 0.05) is 17.8 Å². The molecule has 116 valence electrons. The van der Waals surface area contributed by atoms with Gasteiger partial charge in [0.1, 0.15) is 11.6 Å². The second kappa shape index (κ2) is 5.73. The molecule has 0 aromatic carbocycles. The number of sulfonamides is 1. The van der Waals surface area contributed by atoms with Crippen molar-refractivity contribution in [3.63, 3.8) is 0 Å². The molecule has 0 atom stereocenters. The number of aryl methyl sites for hydroxylation is 2. The van der Waals surface area contributed by atoms with E-state index < -0.39 is 15.9 Å². The fourth-order valence-electron chi connectivity index (χ4n) is 2.25. The summed E-state index contributed by atoms with van der Waals surface area (Å²) in [6.07, 6.45) is 2.73. The van der Waals surface area contributed by atoms with Crippen molar-refractivity contribution in [1.82, 2.24) is 19.3 Å². The van der Waals surface area contributed by atoms with E-state index in [0.717, 1.165) is 17.5 Å². The van der Waals surface area contributed by atoms with Crippen molar-refractivity contribution in [1.29, 1.82) is 5.26 Å². The highest BCUT2D eigenvalue weighted by Crippen LogP contribution is 2.18. The Bertz CT molecular complexity index is 893. The van der Waals surface area contributed by atoms with E-state index in [1.807, 2.05) is 17.7 Å². The van der Waals surface area contributed by atoms with Gasteiger partial charge in [-0.2, -0.15) is 10.4 Å². The molecule has 0 aliphatic carbocycles. The number of nitrogens with zero attached hydrogens (tertiary/aromatic N) is 4. The highest BCUT2D eigenvalue weighted by atomic mass is 32.2. The van der Waals surface area contributed by atoms with Gasteiger partial charge >= 0.3 is 0 Å². The van der Waals surface area contributed by atoms with Crippen molar-refractivity contribution >= 4 is 21.6 Å². The minimum absolute atomic E-state index is 0.0221. The molecule has 8 nitrogen and oxygen atoms in total. The number of hydrogen-bond acceptors (Lipinski definition) is 6. The SMILES string of the molecule is Cc1nc2c(C#N)cnn2c(C)c1CCC(=O)NS(C)(=O)=O. The summed E-state index contributed by atoms with van der Waals surface area (Å²) in [6, 6.07) is 2.02. The highest BCUT2D eigenvalue weighted by Gasteiger charge is 2.15. The van der Waals surface area contributed by atoms with E-state index >= 15 is 0 Å². The lowest BCUT2D eigenvalue weighted by atomic mass is 10.1. The van der Waals surface area contributed by atoms with E-state index in [2.05, 4.69) is 10.1 Å². The van der Waals surface area contributed by atoms with Crippen LogP contribution in [0.25, 0.3) is 5.65 Å². The van der Waals surface area contributed by atoms with Crippen molar-refractivity contribution in [3.8, 4) is 6.07 Å². The van der Waals surface area contributed by atoms with Gasteiger partial charge in [-0.1, -0.05) is 0 Å². The zero-order valence-electron chi connectivity index (χ0n) is 12.4. The first kappa shape index (κ1) is 15.9. The van der Waals surface area contributed by atoms with Crippen LogP contribution >= 0.6 is 0 Å². The third-order valence-corrected chi connectivity index (χ3v) is 3.83. The van der Waals surface area contributed by atoms with Crippen LogP contribution in [0, 0.1) is 25.2 Å². The number of fused-ring (bicyclic) bond motifs is 1. The molecule has 9 heteroatoms. The number of nitrogens with one attached hydrogen (secondary N) is 1. The molecule has 2 heterocycles. The molecule has 1 amide bonds. The molecule has 0 bridgehead atoms. The molecule has 1 N–H and O–H groups in total. The standard InChI is InChI=1S/C13H15N5O3S/c1-8-11(4-5-12(19)17-22(3,20)21)9(2)18-13(16-8)10(6-14)7-15-18/h7H,4-5H2,1-3H3,(H,17,19). The Morgan fingerprint density at radius 1 is 1.45 bits per heavy atom. The van der Waals surface area contributed by atoms with Gasteiger partial charge in [0.05, 0.1) is 12.5 Å². The van der Waals surface area contributed by atoms with Crippen LogP contribution in [-0.2, 0) is 21.2 Å². The number of carbonyl (C=O) groups excluding carboxylic acids is 1. The summed E-state index contributed by atoms with van der Waals surface area (Å²) in [4.78, 5) is 15.9. The maximum absolute atomic E-state index is 11.6. The first-order chi connectivity index (χ1) is 10.2. The topological polar surface area (TPSA) is 117 Å². The number of rotatable bonds is 4. The van der Waals surface area contributed by atoms with Crippen LogP contribution in [0.15, 0.2) is 6.20 Å². The van der Waals surface area contributed by atoms with Gasteiger partial charge in [-0.3, -0.25) is 9.52 Å². The van der Waals surface area contributed by atoms with Gasteiger partial charge < -0.3 is 0 Å². The van der Waals surface area contributed by atoms with Crippen molar-refractivity contribution < 1.29 is 13.2 Å². The van der Waals surface area contributed by atoms with Gasteiger partial charge in [0.15, 0.2) is 5.65 Å². The molecule has 0 aliphatic rings. The van der Waals surface area contributed by atoms with Crippen LogP contribution in [0.3, 0.4) is 0 Å². The fourth-order valence-corrected chi connectivity index (χ4v) is 2.76. The molecule has 2 rings (SSSR count). The Morgan fingerprint density at radius 2 is 2.14 bits per heavy atom. The number of nitriles is 1. The summed E-state index contributed by atoms with van der Waals surface area (Å²) in [7, 11) is -3.55. The zero-order chi connectivity index (χ0) is 16.5. The van der Waals surface area contributed by atoms with Crippen LogP contribution in [0.1, 0.15) is 28.9 Å². The van der Waals surface area contributed by atoms with E-state index in [1.54, 1.807) is 11.4 Å². The summed E-state index contributed by atoms with van der Waals surface area (Å²) >= 11 is 0. The Kier molecular flexibility index (Phi) is 4.14. The normalized spacial score (nSPS) is 11.4. The average Bonchev–Trinajstić information content (AvgIpc) is 2.79. The number of aromatic nitrogens is 3. The maximum atomic E-state index is 11.6. The highest BCUT2D eigenvalue weighted by molar-refractivity contribution is 7.89. The Morgan fingerprint density at radius 3 is 2.73 bits per heavy atom. The van der Waals surface area contributed by atoms with Gasteiger partial charge in [-0.05, 0) is 25.8 Å². The molecular formula is C13H15N5O3S. The summed E-state index contributed by atoms with van der Waals surface area (Å²) in [5.41, 5.74) is 3.13. The predicted molar refractivity (Wildman–Crippen MR) is 78.5 cm³/mol. The first-order valence-electron chi connectivity index (χ1n) is 6.47. The second-order valence-corrected chi connectivity index (χ2v) is 6.71. The van der Waals surface area contributed by atoms with E-state index in [0.29, 0.717) is 23.3 Å². The van der Waals surface area contributed by atoms with Crippen molar-refractivity contribution in [2.45, 2.75) is 26.7 Å². The van der Waals surface area contributed by atoms with Crippen LogP contribution < -0.4 is 4.72 Å². The van der Waals surface area contributed by atoms with Gasteiger partial charge in [0.25, 0.3) is 0 Å². The molecule has 0 unspecified atom stereocenters. The summed E-state index contributed by atoms with van der Waals surface area (Å²) < 4.78 is 25.5. The molecule has 0 spiro atoms. The van der Waals surface area contributed by atoms with Crippen molar-refractivity contribution in [3.05, 3.63) is 28.7 Å². The van der Waals surface area contributed by atoms with Gasteiger partial charge in [-0.15, -0.1) is 0 Å². The van der Waals surface area contributed by atoms with Gasteiger partial charge in [-0.25, -0.2) is 17.9 Å². The lowest BCUT2D eigenvalue weighted by Gasteiger charge is -2.11. The summed E-state index contributed by atoms with van der Waals surface area (Å²) in [6.45, 7) is 3.60. The smallest absolute Gasteiger partial charge is 0.233 e. The number of amides is 1. The van der Waals surface area contributed by atoms with Crippen LogP contribution in [0.2, 0.25) is 0 Å². The van der Waals surface area contributed by atoms with E-state index in [9.17, 15) is 13.2 Å². The summed E-state index contributed by atoms with van der Waals surface area (Å²) in [5, 5.41) is 13.1. The fraction of sp³-hybridized carbons (Fsp3) is 0.385.